The van der Waals surface area contributed by atoms with E-state index in [4.69, 9.17) is 11.6 Å². The quantitative estimate of drug-likeness (QED) is 0.790. The molecule has 1 fully saturated rings. The van der Waals surface area contributed by atoms with Gasteiger partial charge in [0.25, 0.3) is 0 Å². The lowest BCUT2D eigenvalue weighted by molar-refractivity contribution is 0.195. The van der Waals surface area contributed by atoms with Gasteiger partial charge in [-0.15, -0.1) is 0 Å². The fourth-order valence-electron chi connectivity index (χ4n) is 3.43. The molecular weight excluding hydrogens is 273 g/mol. The highest BCUT2D eigenvalue weighted by molar-refractivity contribution is 6.31. The third kappa shape index (κ3) is 3.73. The smallest absolute Gasteiger partial charge is 0.124 e. The predicted octanol–water partition coefficient (Wildman–Crippen LogP) is 5.34. The lowest BCUT2D eigenvalue weighted by Crippen LogP contribution is -2.42. The fourth-order valence-corrected chi connectivity index (χ4v) is 3.76. The molecule has 1 nitrogen and oxygen atoms in total. The molecule has 1 N–H and O–H groups in total. The second kappa shape index (κ2) is 6.91. The monoisotopic (exact) mass is 297 g/mol. The van der Waals surface area contributed by atoms with E-state index in [0.717, 1.165) is 11.5 Å². The third-order valence-electron chi connectivity index (χ3n) is 4.57. The van der Waals surface area contributed by atoms with Crippen LogP contribution >= 0.6 is 11.6 Å². The summed E-state index contributed by atoms with van der Waals surface area (Å²) in [5.74, 6) is 1.15. The summed E-state index contributed by atoms with van der Waals surface area (Å²) < 4.78 is 13.1. The number of hydrogen-bond donors (Lipinski definition) is 1. The summed E-state index contributed by atoms with van der Waals surface area (Å²) in [5, 5.41) is 4.24. The molecule has 3 atom stereocenters. The van der Waals surface area contributed by atoms with Gasteiger partial charge in [0.1, 0.15) is 5.82 Å². The van der Waals surface area contributed by atoms with Crippen molar-refractivity contribution >= 4 is 11.6 Å². The molecule has 1 aliphatic carbocycles. The van der Waals surface area contributed by atoms with Crippen LogP contribution in [0.1, 0.15) is 58.1 Å². The van der Waals surface area contributed by atoms with Crippen LogP contribution in [0.5, 0.6) is 0 Å². The molecule has 20 heavy (non-hydrogen) atoms. The summed E-state index contributed by atoms with van der Waals surface area (Å²) in [6.07, 6.45) is 5.17. The molecule has 0 saturated heterocycles. The van der Waals surface area contributed by atoms with Crippen LogP contribution in [0.4, 0.5) is 4.39 Å². The van der Waals surface area contributed by atoms with Crippen molar-refractivity contribution < 1.29 is 4.39 Å². The van der Waals surface area contributed by atoms with Gasteiger partial charge in [0.2, 0.25) is 0 Å². The van der Waals surface area contributed by atoms with E-state index in [1.54, 1.807) is 6.07 Å². The van der Waals surface area contributed by atoms with Crippen molar-refractivity contribution in [2.75, 3.05) is 0 Å². The summed E-state index contributed by atoms with van der Waals surface area (Å²) in [6, 6.07) is 5.38. The maximum absolute atomic E-state index is 13.1. The predicted molar refractivity (Wildman–Crippen MR) is 83.5 cm³/mol. The maximum Gasteiger partial charge on any atom is 0.124 e. The minimum atomic E-state index is -0.274. The average molecular weight is 298 g/mol. The summed E-state index contributed by atoms with van der Waals surface area (Å²) >= 11 is 6.16. The molecule has 0 radical (unpaired) electrons. The lowest BCUT2D eigenvalue weighted by atomic mass is 9.77. The van der Waals surface area contributed by atoms with Crippen LogP contribution in [0.2, 0.25) is 5.02 Å². The number of benzene rings is 1. The van der Waals surface area contributed by atoms with Crippen molar-refractivity contribution in [3.05, 3.63) is 34.6 Å². The Kier molecular flexibility index (Phi) is 5.45. The summed E-state index contributed by atoms with van der Waals surface area (Å²) in [7, 11) is 0. The third-order valence-corrected chi connectivity index (χ3v) is 4.90. The first-order chi connectivity index (χ1) is 9.49. The van der Waals surface area contributed by atoms with E-state index in [1.165, 1.54) is 37.8 Å². The van der Waals surface area contributed by atoms with Gasteiger partial charge < -0.3 is 5.32 Å². The molecule has 0 amide bonds. The van der Waals surface area contributed by atoms with Gasteiger partial charge in [-0.2, -0.15) is 0 Å². The molecule has 1 saturated carbocycles. The zero-order chi connectivity index (χ0) is 14.7. The van der Waals surface area contributed by atoms with E-state index in [-0.39, 0.29) is 11.9 Å². The standard InChI is InChI=1S/C17H25ClFN/c1-11(2)14-6-4-5-7-17(14)20-12(3)15-9-8-13(19)10-16(15)18/h8-12,14,17,20H,4-7H2,1-3H3. The van der Waals surface area contributed by atoms with Crippen molar-refractivity contribution in [2.24, 2.45) is 11.8 Å². The molecular formula is C17H25ClFN. The Balaban J connectivity index is 2.07. The molecule has 1 aliphatic rings. The SMILES string of the molecule is CC(NC1CCCCC1C(C)C)c1ccc(F)cc1Cl. The van der Waals surface area contributed by atoms with Crippen molar-refractivity contribution in [1.82, 2.24) is 5.32 Å². The van der Waals surface area contributed by atoms with Gasteiger partial charge in [-0.25, -0.2) is 4.39 Å². The Morgan fingerprint density at radius 2 is 1.90 bits per heavy atom. The fraction of sp³-hybridized carbons (Fsp3) is 0.647. The second-order valence-electron chi connectivity index (χ2n) is 6.35. The van der Waals surface area contributed by atoms with Crippen molar-refractivity contribution in [3.63, 3.8) is 0 Å². The molecule has 3 heteroatoms. The van der Waals surface area contributed by atoms with Crippen molar-refractivity contribution in [2.45, 2.75) is 58.5 Å². The van der Waals surface area contributed by atoms with E-state index in [1.807, 2.05) is 0 Å². The molecule has 0 aromatic heterocycles. The van der Waals surface area contributed by atoms with Crippen LogP contribution in [0, 0.1) is 17.7 Å². The lowest BCUT2D eigenvalue weighted by Gasteiger charge is -2.37. The van der Waals surface area contributed by atoms with E-state index >= 15 is 0 Å². The molecule has 0 bridgehead atoms. The van der Waals surface area contributed by atoms with Crippen LogP contribution in [-0.4, -0.2) is 6.04 Å². The van der Waals surface area contributed by atoms with E-state index in [0.29, 0.717) is 17.0 Å². The Bertz CT molecular complexity index is 447. The second-order valence-corrected chi connectivity index (χ2v) is 6.76. The van der Waals surface area contributed by atoms with Crippen LogP contribution in [-0.2, 0) is 0 Å². The first-order valence-corrected chi connectivity index (χ1v) is 8.08. The Morgan fingerprint density at radius 1 is 1.20 bits per heavy atom. The Labute approximate surface area is 126 Å². The van der Waals surface area contributed by atoms with Crippen molar-refractivity contribution in [3.8, 4) is 0 Å². The highest BCUT2D eigenvalue weighted by Gasteiger charge is 2.28. The zero-order valence-corrected chi connectivity index (χ0v) is 13.4. The van der Waals surface area contributed by atoms with Gasteiger partial charge >= 0.3 is 0 Å². The molecule has 3 unspecified atom stereocenters. The highest BCUT2D eigenvalue weighted by Crippen LogP contribution is 2.32. The van der Waals surface area contributed by atoms with E-state index in [9.17, 15) is 4.39 Å². The summed E-state index contributed by atoms with van der Waals surface area (Å²) in [5.41, 5.74) is 0.987. The van der Waals surface area contributed by atoms with Gasteiger partial charge in [0.15, 0.2) is 0 Å². The maximum atomic E-state index is 13.1. The molecule has 0 spiro atoms. The van der Waals surface area contributed by atoms with Gasteiger partial charge in [0.05, 0.1) is 0 Å². The molecule has 0 heterocycles. The normalized spacial score (nSPS) is 24.9. The number of nitrogens with one attached hydrogen (secondary N) is 1. The molecule has 1 aromatic carbocycles. The summed E-state index contributed by atoms with van der Waals surface area (Å²) in [4.78, 5) is 0. The molecule has 0 aliphatic heterocycles. The van der Waals surface area contributed by atoms with Crippen LogP contribution in [0.3, 0.4) is 0 Å². The average Bonchev–Trinajstić information content (AvgIpc) is 2.38. The molecule has 1 aromatic rings. The van der Waals surface area contributed by atoms with Gasteiger partial charge in [-0.1, -0.05) is 44.4 Å². The Hall–Kier alpha value is -0.600. The van der Waals surface area contributed by atoms with Gasteiger partial charge in [-0.3, -0.25) is 0 Å². The van der Waals surface area contributed by atoms with E-state index in [2.05, 4.69) is 26.1 Å². The van der Waals surface area contributed by atoms with Crippen LogP contribution < -0.4 is 5.32 Å². The number of rotatable bonds is 4. The summed E-state index contributed by atoms with van der Waals surface area (Å²) in [6.45, 7) is 6.73. The first kappa shape index (κ1) is 15.8. The largest absolute Gasteiger partial charge is 0.307 e. The minimum Gasteiger partial charge on any atom is -0.307 e. The van der Waals surface area contributed by atoms with E-state index < -0.39 is 0 Å². The zero-order valence-electron chi connectivity index (χ0n) is 12.6. The minimum absolute atomic E-state index is 0.160. The van der Waals surface area contributed by atoms with Gasteiger partial charge in [0, 0.05) is 17.1 Å². The topological polar surface area (TPSA) is 12.0 Å². The highest BCUT2D eigenvalue weighted by atomic mass is 35.5. The molecule has 112 valence electrons. The van der Waals surface area contributed by atoms with Crippen LogP contribution in [0.25, 0.3) is 0 Å². The molecule has 2 rings (SSSR count). The Morgan fingerprint density at radius 3 is 2.55 bits per heavy atom. The van der Waals surface area contributed by atoms with Crippen molar-refractivity contribution in [1.29, 1.82) is 0 Å². The number of halogens is 2. The number of hydrogen-bond acceptors (Lipinski definition) is 1. The van der Waals surface area contributed by atoms with Gasteiger partial charge in [-0.05, 0) is 49.3 Å². The first-order valence-electron chi connectivity index (χ1n) is 7.70. The van der Waals surface area contributed by atoms with Crippen LogP contribution in [0.15, 0.2) is 18.2 Å².